The van der Waals surface area contributed by atoms with Crippen LogP contribution in [0.5, 0.6) is 0 Å². The molecule has 18 heavy (non-hydrogen) atoms. The number of hydrogen-bond acceptors (Lipinski definition) is 4. The maximum atomic E-state index is 12.0. The van der Waals surface area contributed by atoms with Gasteiger partial charge < -0.3 is 4.74 Å². The van der Waals surface area contributed by atoms with Gasteiger partial charge in [0, 0.05) is 10.7 Å². The second kappa shape index (κ2) is 6.85. The van der Waals surface area contributed by atoms with Gasteiger partial charge in [0.25, 0.3) is 0 Å². The first-order valence-electron chi connectivity index (χ1n) is 5.20. The summed E-state index contributed by atoms with van der Waals surface area (Å²) in [6.07, 6.45) is 0. The highest BCUT2D eigenvalue weighted by atomic mass is 35.5. The molecule has 1 unspecified atom stereocenters. The fraction of sp³-hybridized carbons (Fsp3) is 0.333. The lowest BCUT2D eigenvalue weighted by Crippen LogP contribution is -2.20. The lowest BCUT2D eigenvalue weighted by molar-refractivity contribution is -0.137. The summed E-state index contributed by atoms with van der Waals surface area (Å²) in [5.74, 6) is -0.681. The lowest BCUT2D eigenvalue weighted by Gasteiger charge is -2.11. The van der Waals surface area contributed by atoms with Crippen molar-refractivity contribution in [1.29, 1.82) is 0 Å². The third-order valence-corrected chi connectivity index (χ3v) is 3.55. The quantitative estimate of drug-likeness (QED) is 0.472. The van der Waals surface area contributed by atoms with Crippen LogP contribution in [0.25, 0.3) is 0 Å². The lowest BCUT2D eigenvalue weighted by atomic mass is 9.94. The third-order valence-electron chi connectivity index (χ3n) is 2.26. The van der Waals surface area contributed by atoms with Crippen LogP contribution in [0.3, 0.4) is 0 Å². The summed E-state index contributed by atoms with van der Waals surface area (Å²) in [5, 5.41) is -0.460. The van der Waals surface area contributed by atoms with Crippen LogP contribution in [0.15, 0.2) is 18.2 Å². The van der Waals surface area contributed by atoms with E-state index in [1.807, 2.05) is 6.92 Å². The molecular weight excluding hydrogens is 270 g/mol. The number of thioether (sulfide) groups is 1. The molecule has 1 rings (SSSR count). The van der Waals surface area contributed by atoms with Gasteiger partial charge in [-0.15, -0.1) is 11.8 Å². The van der Waals surface area contributed by atoms with Crippen molar-refractivity contribution in [2.45, 2.75) is 12.1 Å². The molecule has 1 aromatic carbocycles. The van der Waals surface area contributed by atoms with E-state index in [0.29, 0.717) is 10.6 Å². The molecule has 0 amide bonds. The van der Waals surface area contributed by atoms with Gasteiger partial charge in [-0.3, -0.25) is 9.59 Å². The number of aryl methyl sites for hydroxylation is 1. The number of benzene rings is 1. The molecule has 0 spiro atoms. The Morgan fingerprint density at radius 2 is 2.17 bits per heavy atom. The normalized spacial score (nSPS) is 11.9. The summed E-state index contributed by atoms with van der Waals surface area (Å²) in [5.41, 5.74) is 1.33. The molecule has 0 saturated heterocycles. The van der Waals surface area contributed by atoms with Crippen LogP contribution in [0, 0.1) is 6.92 Å². The molecule has 3 nitrogen and oxygen atoms in total. The van der Waals surface area contributed by atoms with Crippen LogP contribution in [-0.2, 0) is 9.53 Å². The molecule has 2 radical (unpaired) electrons. The Kier molecular flexibility index (Phi) is 5.76. The van der Waals surface area contributed by atoms with E-state index in [2.05, 4.69) is 4.74 Å². The van der Waals surface area contributed by atoms with Crippen molar-refractivity contribution in [1.82, 2.24) is 0 Å². The first-order chi connectivity index (χ1) is 8.45. The van der Waals surface area contributed by atoms with Gasteiger partial charge >= 0.3 is 5.97 Å². The van der Waals surface area contributed by atoms with Crippen molar-refractivity contribution >= 4 is 43.0 Å². The largest absolute Gasteiger partial charge is 0.468 e. The van der Waals surface area contributed by atoms with E-state index in [1.165, 1.54) is 7.11 Å². The maximum Gasteiger partial charge on any atom is 0.315 e. The van der Waals surface area contributed by atoms with Gasteiger partial charge in [-0.25, -0.2) is 0 Å². The van der Waals surface area contributed by atoms with Gasteiger partial charge in [0.2, 0.25) is 0 Å². The Hall–Kier alpha value is -0.935. The molecule has 0 aliphatic carbocycles. The molecule has 0 heterocycles. The summed E-state index contributed by atoms with van der Waals surface area (Å²) in [7, 11) is 6.99. The topological polar surface area (TPSA) is 43.4 Å². The highest BCUT2D eigenvalue weighted by Crippen LogP contribution is 2.22. The minimum absolute atomic E-state index is 0.0346. The van der Waals surface area contributed by atoms with E-state index in [4.69, 9.17) is 19.4 Å². The monoisotopic (exact) mass is 282 g/mol. The SMILES string of the molecule is [B]C(SCC(=O)OC)C(=O)c1ccc(C)cc1Cl. The van der Waals surface area contributed by atoms with Gasteiger partial charge in [0.15, 0.2) is 5.78 Å². The van der Waals surface area contributed by atoms with Crippen molar-refractivity contribution in [3.8, 4) is 0 Å². The number of carbonyl (C=O) groups excluding carboxylic acids is 2. The summed E-state index contributed by atoms with van der Waals surface area (Å²) in [6, 6.07) is 5.13. The van der Waals surface area contributed by atoms with Gasteiger partial charge in [-0.2, -0.15) is 0 Å². The molecule has 1 atom stereocenters. The van der Waals surface area contributed by atoms with Crippen molar-refractivity contribution in [3.05, 3.63) is 34.3 Å². The first kappa shape index (κ1) is 15.1. The first-order valence-corrected chi connectivity index (χ1v) is 6.62. The van der Waals surface area contributed by atoms with Crippen LogP contribution in [0.4, 0.5) is 0 Å². The fourth-order valence-electron chi connectivity index (χ4n) is 1.27. The number of Topliss-reactive ketones (excluding diaryl/α,β-unsaturated/α-hetero) is 1. The predicted molar refractivity (Wildman–Crippen MR) is 74.5 cm³/mol. The average Bonchev–Trinajstić information content (AvgIpc) is 2.34. The van der Waals surface area contributed by atoms with E-state index < -0.39 is 11.1 Å². The fourth-order valence-corrected chi connectivity index (χ4v) is 2.31. The molecule has 0 aliphatic heterocycles. The summed E-state index contributed by atoms with van der Waals surface area (Å²) < 4.78 is 4.47. The number of ketones is 1. The molecule has 94 valence electrons. The number of ether oxygens (including phenoxy) is 1. The summed E-state index contributed by atoms with van der Waals surface area (Å²) in [4.78, 5) is 22.9. The van der Waals surface area contributed by atoms with E-state index in [1.54, 1.807) is 18.2 Å². The van der Waals surface area contributed by atoms with Crippen LogP contribution in [0.1, 0.15) is 15.9 Å². The number of rotatable bonds is 5. The second-order valence-electron chi connectivity index (χ2n) is 3.66. The molecule has 6 heteroatoms. The van der Waals surface area contributed by atoms with Gasteiger partial charge in [0.05, 0.1) is 25.7 Å². The molecule has 0 fully saturated rings. The Balaban J connectivity index is 2.71. The van der Waals surface area contributed by atoms with Crippen molar-refractivity contribution in [2.24, 2.45) is 0 Å². The number of halogens is 1. The average molecular weight is 283 g/mol. The van der Waals surface area contributed by atoms with Gasteiger partial charge in [-0.05, 0) is 24.6 Å². The zero-order valence-electron chi connectivity index (χ0n) is 10.1. The molecular formula is C12H12BClO3S. The summed E-state index contributed by atoms with van der Waals surface area (Å²) >= 11 is 7.00. The molecule has 0 aliphatic rings. The summed E-state index contributed by atoms with van der Waals surface area (Å²) in [6.45, 7) is 1.88. The minimum atomic E-state index is -0.829. The molecule has 0 aromatic heterocycles. The Bertz CT molecular complexity index is 465. The molecule has 0 N–H and O–H groups in total. The number of hydrogen-bond donors (Lipinski definition) is 0. The molecule has 0 bridgehead atoms. The number of carbonyl (C=O) groups is 2. The Labute approximate surface area is 117 Å². The minimum Gasteiger partial charge on any atom is -0.468 e. The predicted octanol–water partition coefficient (Wildman–Crippen LogP) is 2.23. The van der Waals surface area contributed by atoms with Gasteiger partial charge in [0.1, 0.15) is 0 Å². The zero-order chi connectivity index (χ0) is 13.7. The van der Waals surface area contributed by atoms with E-state index in [0.717, 1.165) is 17.3 Å². The third kappa shape index (κ3) is 4.07. The van der Waals surface area contributed by atoms with Crippen LogP contribution >= 0.6 is 23.4 Å². The van der Waals surface area contributed by atoms with Crippen LogP contribution < -0.4 is 0 Å². The maximum absolute atomic E-state index is 12.0. The highest BCUT2D eigenvalue weighted by molar-refractivity contribution is 8.02. The zero-order valence-corrected chi connectivity index (χ0v) is 11.7. The molecule has 1 aromatic rings. The van der Waals surface area contributed by atoms with Gasteiger partial charge in [-0.1, -0.05) is 17.7 Å². The second-order valence-corrected chi connectivity index (χ2v) is 5.19. The van der Waals surface area contributed by atoms with Crippen molar-refractivity contribution in [2.75, 3.05) is 12.9 Å². The number of esters is 1. The standard InChI is InChI=1S/C12H12BClO3S/c1-7-3-4-8(9(14)5-7)11(16)12(13)18-6-10(15)17-2/h3-5,12H,6H2,1-2H3. The Morgan fingerprint density at radius 1 is 1.50 bits per heavy atom. The van der Waals surface area contributed by atoms with Crippen molar-refractivity contribution in [3.63, 3.8) is 0 Å². The van der Waals surface area contributed by atoms with E-state index in [-0.39, 0.29) is 11.5 Å². The van der Waals surface area contributed by atoms with E-state index >= 15 is 0 Å². The number of methoxy groups -OCH3 is 1. The van der Waals surface area contributed by atoms with E-state index in [9.17, 15) is 9.59 Å². The van der Waals surface area contributed by atoms with Crippen LogP contribution in [0.2, 0.25) is 5.02 Å². The molecule has 0 saturated carbocycles. The van der Waals surface area contributed by atoms with Crippen LogP contribution in [-0.4, -0.2) is 37.6 Å². The van der Waals surface area contributed by atoms with Crippen molar-refractivity contribution < 1.29 is 14.3 Å². The Morgan fingerprint density at radius 3 is 2.72 bits per heavy atom. The smallest absolute Gasteiger partial charge is 0.315 e. The highest BCUT2D eigenvalue weighted by Gasteiger charge is 2.19.